The Hall–Kier alpha value is -1.10. The Kier molecular flexibility index (Phi) is 3.21. The molecule has 1 atom stereocenters. The van der Waals surface area contributed by atoms with E-state index in [0.29, 0.717) is 0 Å². The summed E-state index contributed by atoms with van der Waals surface area (Å²) in [7, 11) is 0. The number of hydrogen-bond donors (Lipinski definition) is 3. The Morgan fingerprint density at radius 1 is 1.42 bits per heavy atom. The average molecular weight is 174 g/mol. The van der Waals surface area contributed by atoms with E-state index in [1.54, 1.807) is 20.8 Å². The molecule has 0 aromatic rings. The van der Waals surface area contributed by atoms with Crippen molar-refractivity contribution in [2.24, 2.45) is 5.73 Å². The molecule has 0 heterocycles. The first-order valence-corrected chi connectivity index (χ1v) is 3.53. The second-order valence-corrected chi connectivity index (χ2v) is 3.54. The van der Waals surface area contributed by atoms with Gasteiger partial charge in [-0.25, -0.2) is 0 Å². The lowest BCUT2D eigenvalue weighted by Gasteiger charge is -2.21. The third-order valence-electron chi connectivity index (χ3n) is 1.02. The van der Waals surface area contributed by atoms with Gasteiger partial charge in [0.1, 0.15) is 0 Å². The highest BCUT2D eigenvalue weighted by molar-refractivity contribution is 6.02. The summed E-state index contributed by atoms with van der Waals surface area (Å²) in [6.07, 6.45) is -1.76. The third-order valence-corrected chi connectivity index (χ3v) is 1.02. The molecule has 1 unspecified atom stereocenters. The smallest absolute Gasteiger partial charge is 0.259 e. The number of primary amides is 1. The summed E-state index contributed by atoms with van der Waals surface area (Å²) in [5, 5.41) is 11.3. The number of carbonyl (C=O) groups excluding carboxylic acids is 2. The normalized spacial score (nSPS) is 13.7. The van der Waals surface area contributed by atoms with Crippen LogP contribution in [0.3, 0.4) is 0 Å². The molecule has 0 rings (SSSR count). The number of amides is 2. The van der Waals surface area contributed by atoms with Gasteiger partial charge < -0.3 is 16.2 Å². The highest BCUT2D eigenvalue weighted by Crippen LogP contribution is 1.98. The highest BCUT2D eigenvalue weighted by Gasteiger charge is 2.24. The van der Waals surface area contributed by atoms with Gasteiger partial charge in [0.05, 0.1) is 0 Å². The van der Waals surface area contributed by atoms with Crippen LogP contribution in [-0.2, 0) is 9.59 Å². The van der Waals surface area contributed by atoms with Gasteiger partial charge in [-0.1, -0.05) is 0 Å². The van der Waals surface area contributed by atoms with Crippen LogP contribution in [0.4, 0.5) is 0 Å². The minimum Gasteiger partial charge on any atom is -0.375 e. The molecular formula is C7H14N2O3. The van der Waals surface area contributed by atoms with Crippen LogP contribution in [0.25, 0.3) is 0 Å². The van der Waals surface area contributed by atoms with E-state index >= 15 is 0 Å². The van der Waals surface area contributed by atoms with E-state index in [9.17, 15) is 9.59 Å². The Balaban J connectivity index is 4.15. The van der Waals surface area contributed by atoms with Gasteiger partial charge in [0.25, 0.3) is 11.8 Å². The number of carbonyl (C=O) groups is 2. The van der Waals surface area contributed by atoms with Gasteiger partial charge >= 0.3 is 0 Å². The Morgan fingerprint density at radius 2 is 1.83 bits per heavy atom. The summed E-state index contributed by atoms with van der Waals surface area (Å²) >= 11 is 0. The molecular weight excluding hydrogens is 160 g/mol. The van der Waals surface area contributed by atoms with Crippen molar-refractivity contribution in [3.05, 3.63) is 0 Å². The zero-order valence-electron chi connectivity index (χ0n) is 7.42. The molecule has 0 saturated carbocycles. The van der Waals surface area contributed by atoms with Gasteiger partial charge in [0.2, 0.25) is 6.10 Å². The van der Waals surface area contributed by atoms with Gasteiger partial charge in [0.15, 0.2) is 0 Å². The van der Waals surface area contributed by atoms with E-state index in [1.807, 2.05) is 0 Å². The van der Waals surface area contributed by atoms with Gasteiger partial charge in [0, 0.05) is 5.54 Å². The quantitative estimate of drug-likeness (QED) is 0.456. The molecule has 0 spiro atoms. The first-order chi connectivity index (χ1) is 5.24. The predicted octanol–water partition coefficient (Wildman–Crippen LogP) is -1.25. The van der Waals surface area contributed by atoms with Crippen molar-refractivity contribution in [2.45, 2.75) is 32.4 Å². The van der Waals surface area contributed by atoms with E-state index < -0.39 is 23.5 Å². The average Bonchev–Trinajstić information content (AvgIpc) is 1.82. The predicted molar refractivity (Wildman–Crippen MR) is 43.1 cm³/mol. The van der Waals surface area contributed by atoms with E-state index in [0.717, 1.165) is 0 Å². The van der Waals surface area contributed by atoms with Gasteiger partial charge in [-0.3, -0.25) is 9.59 Å². The number of nitrogens with one attached hydrogen (secondary N) is 1. The third kappa shape index (κ3) is 3.92. The first-order valence-electron chi connectivity index (χ1n) is 3.53. The molecule has 12 heavy (non-hydrogen) atoms. The number of aliphatic hydroxyl groups excluding tert-OH is 1. The summed E-state index contributed by atoms with van der Waals surface area (Å²) in [5.41, 5.74) is 4.23. The van der Waals surface area contributed by atoms with Gasteiger partial charge in [-0.2, -0.15) is 0 Å². The van der Waals surface area contributed by atoms with Crippen LogP contribution in [0, 0.1) is 0 Å². The zero-order chi connectivity index (χ0) is 9.94. The van der Waals surface area contributed by atoms with E-state index in [1.165, 1.54) is 0 Å². The Labute approximate surface area is 70.9 Å². The number of rotatable bonds is 2. The van der Waals surface area contributed by atoms with Gasteiger partial charge in [-0.15, -0.1) is 0 Å². The molecule has 0 saturated heterocycles. The molecule has 0 aromatic heterocycles. The van der Waals surface area contributed by atoms with Crippen LogP contribution >= 0.6 is 0 Å². The Bertz CT molecular complexity index is 195. The molecule has 0 aliphatic rings. The second-order valence-electron chi connectivity index (χ2n) is 3.54. The molecule has 70 valence electrons. The summed E-state index contributed by atoms with van der Waals surface area (Å²) in [6.45, 7) is 5.20. The number of hydrogen-bond acceptors (Lipinski definition) is 3. The summed E-state index contributed by atoms with van der Waals surface area (Å²) in [5.74, 6) is -1.81. The topological polar surface area (TPSA) is 92.4 Å². The molecule has 5 nitrogen and oxygen atoms in total. The first kappa shape index (κ1) is 10.9. The van der Waals surface area contributed by atoms with Crippen molar-refractivity contribution in [2.75, 3.05) is 0 Å². The minimum absolute atomic E-state index is 0.479. The lowest BCUT2D eigenvalue weighted by molar-refractivity contribution is -0.140. The fourth-order valence-electron chi connectivity index (χ4n) is 0.567. The number of aliphatic hydroxyl groups is 1. The van der Waals surface area contributed by atoms with Crippen molar-refractivity contribution >= 4 is 11.8 Å². The van der Waals surface area contributed by atoms with Crippen LogP contribution in [0.5, 0.6) is 0 Å². The van der Waals surface area contributed by atoms with Crippen molar-refractivity contribution in [1.29, 1.82) is 0 Å². The number of nitrogens with two attached hydrogens (primary N) is 1. The van der Waals surface area contributed by atoms with E-state index in [4.69, 9.17) is 10.8 Å². The van der Waals surface area contributed by atoms with Crippen molar-refractivity contribution in [1.82, 2.24) is 5.32 Å². The molecule has 0 bridgehead atoms. The maximum Gasteiger partial charge on any atom is 0.259 e. The molecule has 0 aromatic carbocycles. The maximum atomic E-state index is 10.9. The monoisotopic (exact) mass is 174 g/mol. The van der Waals surface area contributed by atoms with Crippen LogP contribution in [0.15, 0.2) is 0 Å². The van der Waals surface area contributed by atoms with Crippen LogP contribution in [0.2, 0.25) is 0 Å². The second kappa shape index (κ2) is 3.53. The molecule has 0 radical (unpaired) electrons. The van der Waals surface area contributed by atoms with E-state index in [2.05, 4.69) is 5.32 Å². The van der Waals surface area contributed by atoms with Crippen LogP contribution in [0.1, 0.15) is 20.8 Å². The Morgan fingerprint density at radius 3 is 2.08 bits per heavy atom. The van der Waals surface area contributed by atoms with Crippen molar-refractivity contribution in [3.8, 4) is 0 Å². The zero-order valence-corrected chi connectivity index (χ0v) is 7.42. The fourth-order valence-corrected chi connectivity index (χ4v) is 0.567. The van der Waals surface area contributed by atoms with Crippen LogP contribution in [-0.4, -0.2) is 28.6 Å². The van der Waals surface area contributed by atoms with E-state index in [-0.39, 0.29) is 0 Å². The minimum atomic E-state index is -1.76. The van der Waals surface area contributed by atoms with Crippen molar-refractivity contribution < 1.29 is 14.7 Å². The summed E-state index contributed by atoms with van der Waals surface area (Å²) in [4.78, 5) is 21.3. The SMILES string of the molecule is CC(C)(C)NC(=O)C(O)C(N)=O. The molecule has 5 heteroatoms. The molecule has 2 amide bonds. The molecule has 0 aliphatic carbocycles. The van der Waals surface area contributed by atoms with Crippen molar-refractivity contribution in [3.63, 3.8) is 0 Å². The summed E-state index contributed by atoms with van der Waals surface area (Å²) < 4.78 is 0. The maximum absolute atomic E-state index is 10.9. The molecule has 4 N–H and O–H groups in total. The highest BCUT2D eigenvalue weighted by atomic mass is 16.3. The standard InChI is InChI=1S/C7H14N2O3/c1-7(2,3)9-6(12)4(10)5(8)11/h4,10H,1-3H3,(H2,8,11)(H,9,12). The van der Waals surface area contributed by atoms with Crippen LogP contribution < -0.4 is 11.1 Å². The largest absolute Gasteiger partial charge is 0.375 e. The molecule has 0 aliphatic heterocycles. The lowest BCUT2D eigenvalue weighted by atomic mass is 10.1. The fraction of sp³-hybridized carbons (Fsp3) is 0.714. The summed E-state index contributed by atoms with van der Waals surface area (Å²) in [6, 6.07) is 0. The molecule has 0 fully saturated rings. The lowest BCUT2D eigenvalue weighted by Crippen LogP contribution is -2.50. The van der Waals surface area contributed by atoms with Gasteiger partial charge in [-0.05, 0) is 20.8 Å².